The van der Waals surface area contributed by atoms with Crippen molar-refractivity contribution < 1.29 is 9.53 Å². The van der Waals surface area contributed by atoms with Gasteiger partial charge >= 0.3 is 6.09 Å². The van der Waals surface area contributed by atoms with E-state index in [2.05, 4.69) is 53.7 Å². The maximum atomic E-state index is 11.1. The molecule has 2 N–H and O–H groups in total. The van der Waals surface area contributed by atoms with Crippen molar-refractivity contribution in [3.8, 4) is 0 Å². The fraction of sp³-hybridized carbons (Fsp3) is 0.438. The minimum absolute atomic E-state index is 0.0663. The Morgan fingerprint density at radius 3 is 2.90 bits per heavy atom. The molecule has 5 nitrogen and oxygen atoms in total. The smallest absolute Gasteiger partial charge is 0.407 e. The Morgan fingerprint density at radius 1 is 1.33 bits per heavy atom. The number of nitrogens with one attached hydrogen (secondary N) is 2. The third kappa shape index (κ3) is 3.03. The fourth-order valence-electron chi connectivity index (χ4n) is 2.80. The molecule has 1 aromatic carbocycles. The number of hydrogen-bond acceptors (Lipinski definition) is 3. The molecule has 2 aromatic rings. The number of ether oxygens (including phenoxy) is 1. The second-order valence-electron chi connectivity index (χ2n) is 5.85. The van der Waals surface area contributed by atoms with Crippen LogP contribution in [0.1, 0.15) is 11.1 Å². The highest BCUT2D eigenvalue weighted by molar-refractivity contribution is 5.86. The molecule has 21 heavy (non-hydrogen) atoms. The van der Waals surface area contributed by atoms with Gasteiger partial charge in [-0.05, 0) is 38.1 Å². The number of para-hydroxylation sites is 1. The van der Waals surface area contributed by atoms with E-state index in [-0.39, 0.29) is 12.1 Å². The highest BCUT2D eigenvalue weighted by Crippen LogP contribution is 2.23. The van der Waals surface area contributed by atoms with Crippen molar-refractivity contribution in [1.82, 2.24) is 15.2 Å². The number of rotatable bonds is 5. The van der Waals surface area contributed by atoms with Gasteiger partial charge in [0, 0.05) is 23.6 Å². The van der Waals surface area contributed by atoms with Crippen molar-refractivity contribution in [2.24, 2.45) is 0 Å². The van der Waals surface area contributed by atoms with E-state index in [4.69, 9.17) is 4.74 Å². The lowest BCUT2D eigenvalue weighted by Crippen LogP contribution is -2.28. The first-order valence-electron chi connectivity index (χ1n) is 7.29. The number of aromatic nitrogens is 1. The maximum absolute atomic E-state index is 11.1. The molecule has 0 saturated carbocycles. The molecule has 2 heterocycles. The summed E-state index contributed by atoms with van der Waals surface area (Å²) in [4.78, 5) is 16.7. The lowest BCUT2D eigenvalue weighted by molar-refractivity contribution is 0.177. The summed E-state index contributed by atoms with van der Waals surface area (Å²) in [5, 5.41) is 4.11. The van der Waals surface area contributed by atoms with Gasteiger partial charge in [0.25, 0.3) is 0 Å². The van der Waals surface area contributed by atoms with Gasteiger partial charge in [0.2, 0.25) is 0 Å². The number of alkyl carbamates (subject to hydrolysis) is 1. The van der Waals surface area contributed by atoms with Crippen LogP contribution in [-0.4, -0.2) is 49.3 Å². The van der Waals surface area contributed by atoms with Crippen LogP contribution in [0.2, 0.25) is 0 Å². The van der Waals surface area contributed by atoms with Gasteiger partial charge in [-0.25, -0.2) is 4.79 Å². The normalized spacial score (nSPS) is 18.2. The largest absolute Gasteiger partial charge is 0.447 e. The molecule has 0 bridgehead atoms. The highest BCUT2D eigenvalue weighted by atomic mass is 16.6. The molecule has 1 aromatic heterocycles. The standard InChI is InChI=1S/C16H21N3O2/c1-19(2)7-6-12-9-17-15-11(4-3-5-14(12)15)8-13-10-21-16(20)18-13/h3-5,9,13,17H,6-8,10H2,1-2H3,(H,18,20)/t13-/m0/s1. The number of H-pyrrole nitrogens is 1. The number of benzene rings is 1. The molecule has 5 heteroatoms. The number of cyclic esters (lactones) is 1. The van der Waals surface area contributed by atoms with E-state index >= 15 is 0 Å². The predicted octanol–water partition coefficient (Wildman–Crippen LogP) is 1.92. The highest BCUT2D eigenvalue weighted by Gasteiger charge is 2.23. The number of fused-ring (bicyclic) bond motifs is 1. The van der Waals surface area contributed by atoms with E-state index in [1.807, 2.05) is 0 Å². The summed E-state index contributed by atoms with van der Waals surface area (Å²) in [7, 11) is 4.17. The molecular weight excluding hydrogens is 266 g/mol. The molecule has 1 atom stereocenters. The molecule has 0 radical (unpaired) electrons. The van der Waals surface area contributed by atoms with E-state index < -0.39 is 0 Å². The fourth-order valence-corrected chi connectivity index (χ4v) is 2.80. The Kier molecular flexibility index (Phi) is 3.84. The van der Waals surface area contributed by atoms with Crippen LogP contribution in [0.5, 0.6) is 0 Å². The van der Waals surface area contributed by atoms with Crippen LogP contribution >= 0.6 is 0 Å². The Morgan fingerprint density at radius 2 is 2.19 bits per heavy atom. The van der Waals surface area contributed by atoms with Crippen LogP contribution in [-0.2, 0) is 17.6 Å². The molecule has 0 aliphatic carbocycles. The van der Waals surface area contributed by atoms with Crippen molar-refractivity contribution in [2.75, 3.05) is 27.2 Å². The van der Waals surface area contributed by atoms with Crippen LogP contribution < -0.4 is 5.32 Å². The molecule has 1 aliphatic rings. The summed E-state index contributed by atoms with van der Waals surface area (Å²) in [5.41, 5.74) is 3.74. The van der Waals surface area contributed by atoms with Gasteiger partial charge in [-0.15, -0.1) is 0 Å². The first-order valence-corrected chi connectivity index (χ1v) is 7.29. The zero-order chi connectivity index (χ0) is 14.8. The minimum Gasteiger partial charge on any atom is -0.447 e. The quantitative estimate of drug-likeness (QED) is 0.883. The summed E-state index contributed by atoms with van der Waals surface area (Å²) in [5.74, 6) is 0. The van der Waals surface area contributed by atoms with Gasteiger partial charge < -0.3 is 19.9 Å². The van der Waals surface area contributed by atoms with E-state index in [1.54, 1.807) is 0 Å². The first-order chi connectivity index (χ1) is 10.1. The van der Waals surface area contributed by atoms with Gasteiger partial charge in [-0.1, -0.05) is 18.2 Å². The van der Waals surface area contributed by atoms with Gasteiger partial charge in [-0.2, -0.15) is 0 Å². The number of aromatic amines is 1. The Balaban J connectivity index is 1.81. The Labute approximate surface area is 124 Å². The summed E-state index contributed by atoms with van der Waals surface area (Å²) in [6.45, 7) is 1.48. The average Bonchev–Trinajstić information content (AvgIpc) is 3.04. The average molecular weight is 287 g/mol. The summed E-state index contributed by atoms with van der Waals surface area (Å²) in [6, 6.07) is 6.42. The van der Waals surface area contributed by atoms with Crippen LogP contribution in [0.3, 0.4) is 0 Å². The second kappa shape index (κ2) is 5.77. The minimum atomic E-state index is -0.315. The van der Waals surface area contributed by atoms with E-state index in [9.17, 15) is 4.79 Å². The number of carbonyl (C=O) groups excluding carboxylic acids is 1. The zero-order valence-electron chi connectivity index (χ0n) is 12.5. The number of nitrogens with zero attached hydrogens (tertiary/aromatic N) is 1. The van der Waals surface area contributed by atoms with Crippen molar-refractivity contribution in [3.05, 3.63) is 35.5 Å². The summed E-state index contributed by atoms with van der Waals surface area (Å²) in [6.07, 6.45) is 3.60. The SMILES string of the molecule is CN(C)CCc1c[nH]c2c(C[C@H]3COC(=O)N3)cccc12. The third-order valence-electron chi connectivity index (χ3n) is 3.92. The second-order valence-corrected chi connectivity index (χ2v) is 5.85. The van der Waals surface area contributed by atoms with Gasteiger partial charge in [-0.3, -0.25) is 0 Å². The van der Waals surface area contributed by atoms with Gasteiger partial charge in [0.15, 0.2) is 0 Å². The van der Waals surface area contributed by atoms with Crippen LogP contribution in [0, 0.1) is 0 Å². The lowest BCUT2D eigenvalue weighted by Gasteiger charge is -2.10. The van der Waals surface area contributed by atoms with Gasteiger partial charge in [0.1, 0.15) is 6.61 Å². The van der Waals surface area contributed by atoms with E-state index in [0.717, 1.165) is 19.4 Å². The molecule has 1 fully saturated rings. The van der Waals surface area contributed by atoms with Crippen LogP contribution in [0.4, 0.5) is 4.79 Å². The van der Waals surface area contributed by atoms with Crippen LogP contribution in [0.15, 0.2) is 24.4 Å². The molecular formula is C16H21N3O2. The summed E-state index contributed by atoms with van der Waals surface area (Å²) < 4.78 is 4.95. The predicted molar refractivity (Wildman–Crippen MR) is 82.5 cm³/mol. The van der Waals surface area contributed by atoms with Crippen molar-refractivity contribution >= 4 is 17.0 Å². The molecule has 1 saturated heterocycles. The van der Waals surface area contributed by atoms with Crippen molar-refractivity contribution in [2.45, 2.75) is 18.9 Å². The number of hydrogen-bond donors (Lipinski definition) is 2. The first kappa shape index (κ1) is 13.9. The maximum Gasteiger partial charge on any atom is 0.407 e. The third-order valence-corrected chi connectivity index (χ3v) is 3.92. The van der Waals surface area contributed by atoms with E-state index in [0.29, 0.717) is 6.61 Å². The topological polar surface area (TPSA) is 57.4 Å². The zero-order valence-corrected chi connectivity index (χ0v) is 12.5. The van der Waals surface area contributed by atoms with Crippen molar-refractivity contribution in [3.63, 3.8) is 0 Å². The number of carbonyl (C=O) groups is 1. The molecule has 1 amide bonds. The summed E-state index contributed by atoms with van der Waals surface area (Å²) >= 11 is 0. The van der Waals surface area contributed by atoms with Gasteiger partial charge in [0.05, 0.1) is 6.04 Å². The number of amides is 1. The van der Waals surface area contributed by atoms with Crippen LogP contribution in [0.25, 0.3) is 10.9 Å². The monoisotopic (exact) mass is 287 g/mol. The molecule has 1 aliphatic heterocycles. The Bertz CT molecular complexity index is 648. The molecule has 0 spiro atoms. The Hall–Kier alpha value is -2.01. The number of likely N-dealkylation sites (N-methyl/N-ethyl adjacent to an activating group) is 1. The molecule has 112 valence electrons. The molecule has 3 rings (SSSR count). The van der Waals surface area contributed by atoms with Crippen molar-refractivity contribution in [1.29, 1.82) is 0 Å². The van der Waals surface area contributed by atoms with E-state index in [1.165, 1.54) is 22.0 Å². The molecule has 0 unspecified atom stereocenters. The lowest BCUT2D eigenvalue weighted by atomic mass is 10.0.